The predicted molar refractivity (Wildman–Crippen MR) is 80.1 cm³/mol. The summed E-state index contributed by atoms with van der Waals surface area (Å²) in [5.41, 5.74) is -1.28. The minimum Gasteiger partial charge on any atom is -0.489 e. The smallest absolute Gasteiger partial charge is 0.346 e. The zero-order valence-corrected chi connectivity index (χ0v) is 12.9. The molecule has 0 unspecified atom stereocenters. The van der Waals surface area contributed by atoms with E-state index in [4.69, 9.17) is 4.74 Å². The van der Waals surface area contributed by atoms with Crippen LogP contribution in [0.15, 0.2) is 54.6 Å². The Balaban J connectivity index is 1.74. The van der Waals surface area contributed by atoms with Crippen LogP contribution in [-0.4, -0.2) is 12.5 Å². The van der Waals surface area contributed by atoms with E-state index in [0.29, 0.717) is 12.4 Å². The number of rotatable bonds is 6. The quantitative estimate of drug-likeness (QED) is 0.690. The Morgan fingerprint density at radius 1 is 1.00 bits per heavy atom. The summed E-state index contributed by atoms with van der Waals surface area (Å²) in [5.74, 6) is -4.17. The van der Waals surface area contributed by atoms with Gasteiger partial charge >= 0.3 is 6.61 Å². The number of benzene rings is 2. The Morgan fingerprint density at radius 2 is 1.58 bits per heavy atom. The molecule has 24 heavy (non-hydrogen) atoms. The summed E-state index contributed by atoms with van der Waals surface area (Å²) in [6.07, 6.45) is 0. The molecule has 0 spiro atoms. The number of hydrogen-bond donors (Lipinski definition) is 0. The Morgan fingerprint density at radius 3 is 2.08 bits per heavy atom. The molecule has 128 valence electrons. The lowest BCUT2D eigenvalue weighted by atomic mass is 10.1. The van der Waals surface area contributed by atoms with Gasteiger partial charge < -0.3 is 9.47 Å². The molecule has 3 rings (SSSR count). The van der Waals surface area contributed by atoms with Crippen molar-refractivity contribution in [1.29, 1.82) is 0 Å². The van der Waals surface area contributed by atoms with Crippen molar-refractivity contribution in [3.63, 3.8) is 0 Å². The number of hydrogen-bond acceptors (Lipinski definition) is 2. The Labute approximate surface area is 137 Å². The third-order valence-electron chi connectivity index (χ3n) is 4.37. The molecule has 2 aromatic rings. The third-order valence-corrected chi connectivity index (χ3v) is 4.37. The highest BCUT2D eigenvalue weighted by molar-refractivity contribution is 5.40. The van der Waals surface area contributed by atoms with Gasteiger partial charge in [-0.15, -0.1) is 0 Å². The van der Waals surface area contributed by atoms with E-state index in [2.05, 4.69) is 4.74 Å². The number of ether oxygens (including phenoxy) is 2. The summed E-state index contributed by atoms with van der Waals surface area (Å²) < 4.78 is 62.8. The zero-order chi connectivity index (χ0) is 17.4. The fourth-order valence-corrected chi connectivity index (χ4v) is 2.91. The second kappa shape index (κ2) is 6.09. The van der Waals surface area contributed by atoms with Crippen molar-refractivity contribution in [3.8, 4) is 5.75 Å². The van der Waals surface area contributed by atoms with Crippen molar-refractivity contribution in [2.24, 2.45) is 5.92 Å². The first-order valence-corrected chi connectivity index (χ1v) is 7.49. The summed E-state index contributed by atoms with van der Waals surface area (Å²) in [6.45, 7) is -1.75. The van der Waals surface area contributed by atoms with Gasteiger partial charge in [-0.05, 0) is 23.3 Å². The van der Waals surface area contributed by atoms with Crippen LogP contribution in [-0.2, 0) is 16.9 Å². The largest absolute Gasteiger partial charge is 0.489 e. The van der Waals surface area contributed by atoms with Gasteiger partial charge in [0.05, 0.1) is 5.92 Å². The van der Waals surface area contributed by atoms with Crippen molar-refractivity contribution < 1.29 is 27.0 Å². The molecule has 6 heteroatoms. The topological polar surface area (TPSA) is 18.5 Å². The van der Waals surface area contributed by atoms with Gasteiger partial charge in [0.25, 0.3) is 5.92 Å². The van der Waals surface area contributed by atoms with Crippen LogP contribution in [0.3, 0.4) is 0 Å². The molecule has 0 bridgehead atoms. The van der Waals surface area contributed by atoms with Gasteiger partial charge in [-0.3, -0.25) is 0 Å². The van der Waals surface area contributed by atoms with Gasteiger partial charge in [0, 0.05) is 0 Å². The molecule has 0 aliphatic heterocycles. The standard InChI is InChI=1S/C18H16F4O2/c1-12-17(18(12,21)22,24-16(19)20)14-7-9-15(10-8-14)23-11-13-5-3-2-4-6-13/h2-10,12,16H,11H2,1H3/t12-,17-/m0/s1. The molecule has 0 aromatic heterocycles. The van der Waals surface area contributed by atoms with E-state index in [1.165, 1.54) is 31.2 Å². The van der Waals surface area contributed by atoms with E-state index in [-0.39, 0.29) is 5.56 Å². The molecular formula is C18H16F4O2. The SMILES string of the molecule is C[C@@H]1C(F)(F)[C@@]1(OC(F)F)c1ccc(OCc2ccccc2)cc1. The van der Waals surface area contributed by atoms with E-state index in [9.17, 15) is 17.6 Å². The van der Waals surface area contributed by atoms with Gasteiger partial charge in [0.1, 0.15) is 12.4 Å². The molecular weight excluding hydrogens is 324 g/mol. The van der Waals surface area contributed by atoms with E-state index < -0.39 is 24.1 Å². The number of halogens is 4. The molecule has 0 saturated heterocycles. The first-order chi connectivity index (χ1) is 11.4. The van der Waals surface area contributed by atoms with Crippen molar-refractivity contribution >= 4 is 0 Å². The highest BCUT2D eigenvalue weighted by Crippen LogP contribution is 2.67. The maximum atomic E-state index is 13.9. The van der Waals surface area contributed by atoms with Crippen LogP contribution < -0.4 is 4.74 Å². The first kappa shape index (κ1) is 16.8. The second-order valence-electron chi connectivity index (χ2n) is 5.76. The van der Waals surface area contributed by atoms with Crippen LogP contribution in [0.1, 0.15) is 18.1 Å². The van der Waals surface area contributed by atoms with Gasteiger partial charge in [-0.2, -0.15) is 8.78 Å². The maximum absolute atomic E-state index is 13.9. The molecule has 2 atom stereocenters. The molecule has 2 aromatic carbocycles. The van der Waals surface area contributed by atoms with Crippen molar-refractivity contribution in [2.45, 2.75) is 31.7 Å². The van der Waals surface area contributed by atoms with E-state index >= 15 is 0 Å². The first-order valence-electron chi connectivity index (χ1n) is 7.49. The van der Waals surface area contributed by atoms with Crippen molar-refractivity contribution in [3.05, 3.63) is 65.7 Å². The van der Waals surface area contributed by atoms with Crippen LogP contribution in [0, 0.1) is 5.92 Å². The van der Waals surface area contributed by atoms with Crippen LogP contribution in [0.4, 0.5) is 17.6 Å². The fourth-order valence-electron chi connectivity index (χ4n) is 2.91. The molecule has 1 aliphatic carbocycles. The fraction of sp³-hybridized carbons (Fsp3) is 0.333. The van der Waals surface area contributed by atoms with Crippen LogP contribution in [0.2, 0.25) is 0 Å². The normalized spacial score (nSPS) is 24.8. The third kappa shape index (κ3) is 2.75. The molecule has 0 radical (unpaired) electrons. The molecule has 0 heterocycles. The van der Waals surface area contributed by atoms with Crippen LogP contribution in [0.5, 0.6) is 5.75 Å². The van der Waals surface area contributed by atoms with Crippen molar-refractivity contribution in [1.82, 2.24) is 0 Å². The highest BCUT2D eigenvalue weighted by atomic mass is 19.3. The number of alkyl halides is 4. The summed E-state index contributed by atoms with van der Waals surface area (Å²) in [7, 11) is 0. The summed E-state index contributed by atoms with van der Waals surface area (Å²) in [5, 5.41) is 0. The van der Waals surface area contributed by atoms with Gasteiger partial charge in [-0.1, -0.05) is 49.4 Å². The summed E-state index contributed by atoms with van der Waals surface area (Å²) >= 11 is 0. The molecule has 0 amide bonds. The lowest BCUT2D eigenvalue weighted by Crippen LogP contribution is -2.23. The van der Waals surface area contributed by atoms with Crippen LogP contribution in [0.25, 0.3) is 0 Å². The zero-order valence-electron chi connectivity index (χ0n) is 12.9. The summed E-state index contributed by atoms with van der Waals surface area (Å²) in [4.78, 5) is 0. The Bertz CT molecular complexity index is 688. The van der Waals surface area contributed by atoms with E-state index in [1.807, 2.05) is 30.3 Å². The molecule has 1 fully saturated rings. The highest BCUT2D eigenvalue weighted by Gasteiger charge is 2.81. The van der Waals surface area contributed by atoms with Crippen LogP contribution >= 0.6 is 0 Å². The minimum absolute atomic E-state index is 0.0207. The average Bonchev–Trinajstić information content (AvgIpc) is 2.99. The van der Waals surface area contributed by atoms with E-state index in [1.54, 1.807) is 0 Å². The second-order valence-corrected chi connectivity index (χ2v) is 5.76. The van der Waals surface area contributed by atoms with Gasteiger partial charge in [-0.25, -0.2) is 8.78 Å². The molecule has 0 N–H and O–H groups in total. The van der Waals surface area contributed by atoms with Gasteiger partial charge in [0.15, 0.2) is 5.60 Å². The average molecular weight is 340 g/mol. The molecule has 1 saturated carbocycles. The van der Waals surface area contributed by atoms with Crippen molar-refractivity contribution in [2.75, 3.05) is 0 Å². The molecule has 2 nitrogen and oxygen atoms in total. The lowest BCUT2D eigenvalue weighted by molar-refractivity contribution is -0.204. The Kier molecular flexibility index (Phi) is 4.25. The monoisotopic (exact) mass is 340 g/mol. The minimum atomic E-state index is -3.32. The predicted octanol–water partition coefficient (Wildman–Crippen LogP) is 4.99. The lowest BCUT2D eigenvalue weighted by Gasteiger charge is -2.18. The maximum Gasteiger partial charge on any atom is 0.346 e. The summed E-state index contributed by atoms with van der Waals surface area (Å²) in [6, 6.07) is 15.1. The van der Waals surface area contributed by atoms with E-state index in [0.717, 1.165) is 5.56 Å². The Hall–Kier alpha value is -2.08. The van der Waals surface area contributed by atoms with Gasteiger partial charge in [0.2, 0.25) is 0 Å². The molecule has 1 aliphatic rings.